The number of hydrogen-bond donors (Lipinski definition) is 2. The molecule has 1 amide bonds. The minimum atomic E-state index is -3.52. The molecule has 1 aliphatic carbocycles. The van der Waals surface area contributed by atoms with E-state index < -0.39 is 22.1 Å². The van der Waals surface area contributed by atoms with Crippen molar-refractivity contribution in [2.24, 2.45) is 0 Å². The van der Waals surface area contributed by atoms with E-state index >= 15 is 0 Å². The fourth-order valence-corrected chi connectivity index (χ4v) is 2.35. The fourth-order valence-electron chi connectivity index (χ4n) is 1.77. The molecule has 2 rings (SSSR count). The number of amides is 1. The number of carbonyl (C=O) groups is 2. The lowest BCUT2D eigenvalue weighted by Crippen LogP contribution is -2.37. The summed E-state index contributed by atoms with van der Waals surface area (Å²) in [5.74, 6) is -1.12. The molecule has 0 saturated heterocycles. The molecule has 0 radical (unpaired) electrons. The number of sulfonamides is 1. The van der Waals surface area contributed by atoms with Crippen molar-refractivity contribution in [1.29, 1.82) is 0 Å². The Kier molecular flexibility index (Phi) is 4.70. The molecule has 1 atom stereocenters. The second-order valence-corrected chi connectivity index (χ2v) is 7.00. The molecule has 1 aromatic rings. The number of esters is 1. The second kappa shape index (κ2) is 6.35. The van der Waals surface area contributed by atoms with Gasteiger partial charge in [-0.2, -0.15) is 0 Å². The van der Waals surface area contributed by atoms with Gasteiger partial charge in [0.2, 0.25) is 10.0 Å². The Labute approximate surface area is 129 Å². The van der Waals surface area contributed by atoms with Crippen LogP contribution in [0.25, 0.3) is 0 Å². The van der Waals surface area contributed by atoms with Gasteiger partial charge in [0.25, 0.3) is 5.91 Å². The molecule has 0 unspecified atom stereocenters. The van der Waals surface area contributed by atoms with Crippen LogP contribution in [0, 0.1) is 0 Å². The third-order valence-corrected chi connectivity index (χ3v) is 3.61. The maximum Gasteiger partial charge on any atom is 0.341 e. The molecule has 1 aliphatic rings. The van der Waals surface area contributed by atoms with E-state index in [9.17, 15) is 18.0 Å². The Morgan fingerprint density at radius 2 is 1.91 bits per heavy atom. The van der Waals surface area contributed by atoms with Crippen LogP contribution in [0.5, 0.6) is 0 Å². The topological polar surface area (TPSA) is 102 Å². The summed E-state index contributed by atoms with van der Waals surface area (Å²) in [6.45, 7) is 1.47. The van der Waals surface area contributed by atoms with Gasteiger partial charge in [-0.25, -0.2) is 13.2 Å². The van der Waals surface area contributed by atoms with Crippen molar-refractivity contribution in [2.45, 2.75) is 31.9 Å². The predicted molar refractivity (Wildman–Crippen MR) is 81.0 cm³/mol. The summed E-state index contributed by atoms with van der Waals surface area (Å²) >= 11 is 0. The third kappa shape index (κ3) is 4.73. The highest BCUT2D eigenvalue weighted by atomic mass is 32.2. The molecule has 0 bridgehead atoms. The van der Waals surface area contributed by atoms with Crippen molar-refractivity contribution in [3.05, 3.63) is 29.8 Å². The molecule has 0 heterocycles. The van der Waals surface area contributed by atoms with Crippen LogP contribution in [-0.2, 0) is 19.6 Å². The molecule has 1 saturated carbocycles. The molecule has 0 aliphatic heterocycles. The summed E-state index contributed by atoms with van der Waals surface area (Å²) in [6, 6.07) is 6.23. The normalized spacial score (nSPS) is 15.7. The van der Waals surface area contributed by atoms with Crippen LogP contribution >= 0.6 is 0 Å². The average Bonchev–Trinajstić information content (AvgIpc) is 3.21. The lowest BCUT2D eigenvalue weighted by Gasteiger charge is -2.15. The van der Waals surface area contributed by atoms with Gasteiger partial charge >= 0.3 is 5.97 Å². The highest BCUT2D eigenvalue weighted by Gasteiger charge is 2.27. The highest BCUT2D eigenvalue weighted by Crippen LogP contribution is 2.20. The number of benzene rings is 1. The second-order valence-electron chi connectivity index (χ2n) is 5.25. The largest absolute Gasteiger partial charge is 0.449 e. The van der Waals surface area contributed by atoms with Gasteiger partial charge in [0, 0.05) is 6.04 Å². The minimum absolute atomic E-state index is 0.0546. The maximum atomic E-state index is 12.1. The van der Waals surface area contributed by atoms with Crippen LogP contribution in [0.2, 0.25) is 0 Å². The van der Waals surface area contributed by atoms with E-state index in [0.717, 1.165) is 19.1 Å². The Bertz CT molecular complexity index is 682. The SMILES string of the molecule is C[C@H](OC(=O)c1ccccc1NS(C)(=O)=O)C(=O)NC1CC1. The number of rotatable bonds is 6. The first kappa shape index (κ1) is 16.3. The van der Waals surface area contributed by atoms with Crippen molar-refractivity contribution in [3.63, 3.8) is 0 Å². The summed E-state index contributed by atoms with van der Waals surface area (Å²) in [5, 5.41) is 2.74. The number of nitrogens with one attached hydrogen (secondary N) is 2. The molecular formula is C14H18N2O5S. The van der Waals surface area contributed by atoms with E-state index in [1.165, 1.54) is 19.1 Å². The van der Waals surface area contributed by atoms with E-state index in [4.69, 9.17) is 4.74 Å². The lowest BCUT2D eigenvalue weighted by molar-refractivity contribution is -0.129. The van der Waals surface area contributed by atoms with Crippen molar-refractivity contribution >= 4 is 27.6 Å². The van der Waals surface area contributed by atoms with Crippen LogP contribution < -0.4 is 10.0 Å². The molecule has 8 heteroatoms. The summed E-state index contributed by atoms with van der Waals surface area (Å²) in [5.41, 5.74) is 0.170. The number of carbonyl (C=O) groups excluding carboxylic acids is 2. The molecule has 2 N–H and O–H groups in total. The molecule has 7 nitrogen and oxygen atoms in total. The number of hydrogen-bond acceptors (Lipinski definition) is 5. The quantitative estimate of drug-likeness (QED) is 0.756. The summed E-state index contributed by atoms with van der Waals surface area (Å²) in [4.78, 5) is 23.9. The number of anilines is 1. The Hall–Kier alpha value is -2.09. The predicted octanol–water partition coefficient (Wildman–Crippen LogP) is 0.882. The van der Waals surface area contributed by atoms with E-state index in [-0.39, 0.29) is 23.2 Å². The van der Waals surface area contributed by atoms with E-state index in [1.54, 1.807) is 12.1 Å². The van der Waals surface area contributed by atoms with Gasteiger partial charge in [-0.15, -0.1) is 0 Å². The van der Waals surface area contributed by atoms with E-state index in [0.29, 0.717) is 0 Å². The minimum Gasteiger partial charge on any atom is -0.449 e. The van der Waals surface area contributed by atoms with Gasteiger partial charge in [-0.1, -0.05) is 12.1 Å². The maximum absolute atomic E-state index is 12.1. The van der Waals surface area contributed by atoms with Crippen molar-refractivity contribution in [1.82, 2.24) is 5.32 Å². The molecule has 22 heavy (non-hydrogen) atoms. The van der Waals surface area contributed by atoms with Gasteiger partial charge < -0.3 is 10.1 Å². The first-order chi connectivity index (χ1) is 10.3. The van der Waals surface area contributed by atoms with Crippen LogP contribution in [0.1, 0.15) is 30.1 Å². The molecule has 120 valence electrons. The van der Waals surface area contributed by atoms with Gasteiger partial charge in [-0.05, 0) is 31.9 Å². The van der Waals surface area contributed by atoms with E-state index in [1.807, 2.05) is 0 Å². The zero-order valence-electron chi connectivity index (χ0n) is 12.3. The van der Waals surface area contributed by atoms with Gasteiger partial charge in [-0.3, -0.25) is 9.52 Å². The van der Waals surface area contributed by atoms with Crippen molar-refractivity contribution < 1.29 is 22.7 Å². The van der Waals surface area contributed by atoms with Gasteiger partial charge in [0.1, 0.15) is 0 Å². The zero-order chi connectivity index (χ0) is 16.3. The Morgan fingerprint density at radius 3 is 2.50 bits per heavy atom. The first-order valence-electron chi connectivity index (χ1n) is 6.84. The average molecular weight is 326 g/mol. The third-order valence-electron chi connectivity index (χ3n) is 3.02. The van der Waals surface area contributed by atoms with Gasteiger partial charge in [0.15, 0.2) is 6.10 Å². The number of para-hydroxylation sites is 1. The smallest absolute Gasteiger partial charge is 0.341 e. The summed E-state index contributed by atoms with van der Waals surface area (Å²) in [6.07, 6.45) is 1.92. The zero-order valence-corrected chi connectivity index (χ0v) is 13.1. The first-order valence-corrected chi connectivity index (χ1v) is 8.73. The number of ether oxygens (including phenoxy) is 1. The van der Waals surface area contributed by atoms with Crippen LogP contribution in [0.3, 0.4) is 0 Å². The Morgan fingerprint density at radius 1 is 1.27 bits per heavy atom. The van der Waals surface area contributed by atoms with Crippen molar-refractivity contribution in [2.75, 3.05) is 11.0 Å². The fraction of sp³-hybridized carbons (Fsp3) is 0.429. The highest BCUT2D eigenvalue weighted by molar-refractivity contribution is 7.92. The van der Waals surface area contributed by atoms with Crippen LogP contribution in [-0.4, -0.2) is 38.7 Å². The monoisotopic (exact) mass is 326 g/mol. The molecule has 1 aromatic carbocycles. The lowest BCUT2D eigenvalue weighted by atomic mass is 10.2. The van der Waals surface area contributed by atoms with Crippen LogP contribution in [0.15, 0.2) is 24.3 Å². The van der Waals surface area contributed by atoms with Gasteiger partial charge in [0.05, 0.1) is 17.5 Å². The standard InChI is InChI=1S/C14H18N2O5S/c1-9(13(17)15-10-7-8-10)21-14(18)11-5-3-4-6-12(11)16-22(2,19)20/h3-6,9-10,16H,7-8H2,1-2H3,(H,15,17)/t9-/m0/s1. The van der Waals surface area contributed by atoms with Crippen molar-refractivity contribution in [3.8, 4) is 0 Å². The molecule has 0 spiro atoms. The molecular weight excluding hydrogens is 308 g/mol. The Balaban J connectivity index is 2.06. The molecule has 0 aromatic heterocycles. The summed E-state index contributed by atoms with van der Waals surface area (Å²) < 4.78 is 30.0. The molecule has 1 fully saturated rings. The summed E-state index contributed by atoms with van der Waals surface area (Å²) in [7, 11) is -3.52. The van der Waals surface area contributed by atoms with E-state index in [2.05, 4.69) is 10.0 Å². The van der Waals surface area contributed by atoms with Crippen LogP contribution in [0.4, 0.5) is 5.69 Å².